The third kappa shape index (κ3) is 1.72. The van der Waals surface area contributed by atoms with Crippen LogP contribution in [-0.4, -0.2) is 44.1 Å². The summed E-state index contributed by atoms with van der Waals surface area (Å²) >= 11 is 1.55. The van der Waals surface area contributed by atoms with Crippen molar-refractivity contribution in [2.24, 2.45) is 0 Å². The molecule has 8 heteroatoms. The fraction of sp³-hybridized carbons (Fsp3) is 0.308. The summed E-state index contributed by atoms with van der Waals surface area (Å²) in [5, 5.41) is 1.43. The van der Waals surface area contributed by atoms with Gasteiger partial charge < -0.3 is 9.88 Å². The Hall–Kier alpha value is -2.19. The molecule has 1 N–H and O–H groups in total. The van der Waals surface area contributed by atoms with Crippen LogP contribution in [-0.2, 0) is 4.84 Å². The third-order valence-corrected chi connectivity index (χ3v) is 4.64. The molecule has 0 saturated carbocycles. The van der Waals surface area contributed by atoms with Gasteiger partial charge >= 0.3 is 6.03 Å². The van der Waals surface area contributed by atoms with E-state index in [1.54, 1.807) is 40.2 Å². The van der Waals surface area contributed by atoms with Crippen LogP contribution in [0.1, 0.15) is 28.5 Å². The molecule has 108 valence electrons. The number of carbonyl (C=O) groups excluding carboxylic acids is 1. The molecule has 2 amide bonds. The Bertz CT molecular complexity index is 683. The van der Waals surface area contributed by atoms with Gasteiger partial charge in [-0.15, -0.1) is 17.9 Å². The maximum absolute atomic E-state index is 12.6. The number of hydrogen-bond donors (Lipinski definition) is 1. The van der Waals surface area contributed by atoms with E-state index in [4.69, 9.17) is 4.84 Å². The number of urea groups is 1. The first kappa shape index (κ1) is 12.5. The standard InChI is InChI=1S/C13H13N5O2S/c1-2-5-20-18-8-6-17(13(18)19)10(12-14-3-4-15-12)9-11(8)21-7-16-9/h2-4,7-8,10H,1,5-6H2,(H,14,15)/t8-,10?/m0/s1. The highest BCUT2D eigenvalue weighted by atomic mass is 32.1. The summed E-state index contributed by atoms with van der Waals surface area (Å²) in [6.45, 7) is 4.50. The van der Waals surface area contributed by atoms with Crippen molar-refractivity contribution in [1.29, 1.82) is 0 Å². The van der Waals surface area contributed by atoms with Gasteiger partial charge in [0.25, 0.3) is 0 Å². The number of aromatic nitrogens is 3. The van der Waals surface area contributed by atoms with Crippen molar-refractivity contribution >= 4 is 17.4 Å². The van der Waals surface area contributed by atoms with Crippen molar-refractivity contribution in [2.75, 3.05) is 13.2 Å². The zero-order valence-electron chi connectivity index (χ0n) is 11.1. The summed E-state index contributed by atoms with van der Waals surface area (Å²) in [4.78, 5) is 32.8. The van der Waals surface area contributed by atoms with Crippen LogP contribution in [0.2, 0.25) is 0 Å². The molecular weight excluding hydrogens is 290 g/mol. The van der Waals surface area contributed by atoms with E-state index < -0.39 is 0 Å². The second-order valence-corrected chi connectivity index (χ2v) is 5.73. The second kappa shape index (κ2) is 4.68. The van der Waals surface area contributed by atoms with Crippen LogP contribution < -0.4 is 0 Å². The van der Waals surface area contributed by atoms with E-state index >= 15 is 0 Å². The van der Waals surface area contributed by atoms with Crippen LogP contribution >= 0.6 is 11.3 Å². The Morgan fingerprint density at radius 1 is 1.57 bits per heavy atom. The second-order valence-electron chi connectivity index (χ2n) is 4.84. The van der Waals surface area contributed by atoms with Crippen molar-refractivity contribution < 1.29 is 9.63 Å². The van der Waals surface area contributed by atoms with E-state index in [2.05, 4.69) is 21.5 Å². The molecule has 2 aliphatic heterocycles. The number of amides is 2. The van der Waals surface area contributed by atoms with E-state index in [9.17, 15) is 4.79 Å². The highest BCUT2D eigenvalue weighted by Gasteiger charge is 2.51. The Labute approximate surface area is 124 Å². The van der Waals surface area contributed by atoms with Crippen molar-refractivity contribution in [1.82, 2.24) is 24.9 Å². The van der Waals surface area contributed by atoms with E-state index in [0.717, 1.165) is 16.4 Å². The lowest BCUT2D eigenvalue weighted by molar-refractivity contribution is -0.118. The molecule has 0 aromatic carbocycles. The zero-order valence-corrected chi connectivity index (χ0v) is 11.9. The molecule has 1 fully saturated rings. The van der Waals surface area contributed by atoms with Gasteiger partial charge in [0.2, 0.25) is 0 Å². The van der Waals surface area contributed by atoms with E-state index in [1.807, 2.05) is 0 Å². The van der Waals surface area contributed by atoms with Crippen LogP contribution in [0.15, 0.2) is 30.6 Å². The largest absolute Gasteiger partial charge is 0.347 e. The lowest BCUT2D eigenvalue weighted by Crippen LogP contribution is -2.35. The fourth-order valence-electron chi connectivity index (χ4n) is 2.85. The van der Waals surface area contributed by atoms with Gasteiger partial charge in [-0.05, 0) is 0 Å². The Morgan fingerprint density at radius 3 is 3.24 bits per heavy atom. The molecule has 2 aliphatic rings. The topological polar surface area (TPSA) is 74.3 Å². The predicted octanol–water partition coefficient (Wildman–Crippen LogP) is 1.87. The third-order valence-electron chi connectivity index (χ3n) is 3.69. The highest BCUT2D eigenvalue weighted by molar-refractivity contribution is 7.09. The van der Waals surface area contributed by atoms with E-state index in [-0.39, 0.29) is 18.1 Å². The first-order valence-corrected chi connectivity index (χ1v) is 7.45. The zero-order chi connectivity index (χ0) is 14.4. The summed E-state index contributed by atoms with van der Waals surface area (Å²) in [5.74, 6) is 0.722. The van der Waals surface area contributed by atoms with Crippen LogP contribution in [0.25, 0.3) is 0 Å². The fourth-order valence-corrected chi connectivity index (χ4v) is 3.74. The normalized spacial score (nSPS) is 23.5. The molecular formula is C13H13N5O2S. The van der Waals surface area contributed by atoms with Gasteiger partial charge in [-0.25, -0.2) is 14.8 Å². The molecule has 0 spiro atoms. The number of aromatic amines is 1. The molecule has 1 saturated heterocycles. The Balaban J connectivity index is 1.78. The number of imidazole rings is 1. The van der Waals surface area contributed by atoms with E-state index in [1.165, 1.54) is 5.06 Å². The molecule has 2 bridgehead atoms. The number of rotatable bonds is 4. The molecule has 2 atom stereocenters. The SMILES string of the molecule is C=CCON1C(=O)N2C[C@H]1c1scnc1C2c1ncc[nH]1. The molecule has 1 unspecified atom stereocenters. The number of fused-ring (bicyclic) bond motifs is 4. The Morgan fingerprint density at radius 2 is 2.48 bits per heavy atom. The maximum atomic E-state index is 12.6. The summed E-state index contributed by atoms with van der Waals surface area (Å²) < 4.78 is 0. The maximum Gasteiger partial charge on any atom is 0.345 e. The Kier molecular flexibility index (Phi) is 2.79. The first-order valence-electron chi connectivity index (χ1n) is 6.57. The number of carbonyl (C=O) groups is 1. The average Bonchev–Trinajstić information content (AvgIpc) is 3.21. The molecule has 4 rings (SSSR count). The number of hydrogen-bond acceptors (Lipinski definition) is 5. The van der Waals surface area contributed by atoms with Gasteiger partial charge in [-0.3, -0.25) is 4.84 Å². The van der Waals surface area contributed by atoms with Gasteiger partial charge in [0.05, 0.1) is 29.2 Å². The monoisotopic (exact) mass is 303 g/mol. The number of hydroxylamine groups is 2. The average molecular weight is 303 g/mol. The quantitative estimate of drug-likeness (QED) is 0.875. The molecule has 2 aromatic rings. The molecule has 4 heterocycles. The van der Waals surface area contributed by atoms with Gasteiger partial charge in [0.1, 0.15) is 17.9 Å². The lowest BCUT2D eigenvalue weighted by atomic mass is 10.0. The summed E-state index contributed by atoms with van der Waals surface area (Å²) in [7, 11) is 0. The predicted molar refractivity (Wildman–Crippen MR) is 75.4 cm³/mol. The van der Waals surface area contributed by atoms with Crippen molar-refractivity contribution in [3.8, 4) is 0 Å². The molecule has 0 aliphatic carbocycles. The van der Waals surface area contributed by atoms with Gasteiger partial charge in [-0.1, -0.05) is 6.08 Å². The summed E-state index contributed by atoms with van der Waals surface area (Å²) in [6.07, 6.45) is 5.06. The van der Waals surface area contributed by atoms with Gasteiger partial charge in [0.15, 0.2) is 0 Å². The minimum atomic E-state index is -0.276. The van der Waals surface area contributed by atoms with Crippen LogP contribution in [0.3, 0.4) is 0 Å². The van der Waals surface area contributed by atoms with Gasteiger partial charge in [0, 0.05) is 12.4 Å². The number of H-pyrrole nitrogens is 1. The molecule has 0 radical (unpaired) electrons. The first-order chi connectivity index (χ1) is 10.3. The molecule has 7 nitrogen and oxygen atoms in total. The van der Waals surface area contributed by atoms with Crippen LogP contribution in [0.4, 0.5) is 4.79 Å². The van der Waals surface area contributed by atoms with Crippen LogP contribution in [0.5, 0.6) is 0 Å². The number of thiazole rings is 1. The van der Waals surface area contributed by atoms with Crippen LogP contribution in [0, 0.1) is 0 Å². The molecule has 21 heavy (non-hydrogen) atoms. The van der Waals surface area contributed by atoms with Crippen molar-refractivity contribution in [3.05, 3.63) is 47.0 Å². The minimum absolute atomic E-state index is 0.105. The minimum Gasteiger partial charge on any atom is -0.347 e. The number of nitrogens with one attached hydrogen (secondary N) is 1. The van der Waals surface area contributed by atoms with Crippen molar-refractivity contribution in [2.45, 2.75) is 12.1 Å². The van der Waals surface area contributed by atoms with E-state index in [0.29, 0.717) is 13.2 Å². The molecule has 2 aromatic heterocycles. The smallest absolute Gasteiger partial charge is 0.345 e. The highest BCUT2D eigenvalue weighted by Crippen LogP contribution is 2.46. The lowest BCUT2D eigenvalue weighted by Gasteiger charge is -2.28. The summed E-state index contributed by atoms with van der Waals surface area (Å²) in [6, 6.07) is -0.540. The van der Waals surface area contributed by atoms with Gasteiger partial charge in [-0.2, -0.15) is 5.06 Å². The number of nitrogens with zero attached hydrogens (tertiary/aromatic N) is 4. The summed E-state index contributed by atoms with van der Waals surface area (Å²) in [5.41, 5.74) is 2.68. The van der Waals surface area contributed by atoms with Crippen molar-refractivity contribution in [3.63, 3.8) is 0 Å².